The number of thiophene rings is 1. The Morgan fingerprint density at radius 3 is 2.91 bits per heavy atom. The van der Waals surface area contributed by atoms with Crippen molar-refractivity contribution in [2.45, 2.75) is 0 Å². The van der Waals surface area contributed by atoms with Crippen LogP contribution in [-0.4, -0.2) is 22.3 Å². The van der Waals surface area contributed by atoms with Crippen molar-refractivity contribution in [2.75, 3.05) is 0 Å². The minimum atomic E-state index is -0.412. The quantitative estimate of drug-likeness (QED) is 0.537. The number of nitrogens with zero attached hydrogens (tertiary/aromatic N) is 2. The van der Waals surface area contributed by atoms with Crippen molar-refractivity contribution in [3.05, 3.63) is 63.1 Å². The summed E-state index contributed by atoms with van der Waals surface area (Å²) >= 11 is 13.4. The lowest BCUT2D eigenvalue weighted by atomic mass is 10.2. The molecule has 0 saturated carbocycles. The zero-order valence-corrected chi connectivity index (χ0v) is 13.9. The summed E-state index contributed by atoms with van der Waals surface area (Å²) in [5.74, 6) is -0.412. The van der Waals surface area contributed by atoms with E-state index in [-0.39, 0.29) is 5.69 Å². The molecule has 0 spiro atoms. The molecule has 116 valence electrons. The largest absolute Gasteiger partial charge is 0.291 e. The van der Waals surface area contributed by atoms with Gasteiger partial charge in [0.25, 0.3) is 5.91 Å². The first-order valence-corrected chi connectivity index (χ1v) is 8.15. The van der Waals surface area contributed by atoms with Gasteiger partial charge in [0, 0.05) is 10.6 Å². The Bertz CT molecular complexity index is 858. The zero-order valence-electron chi connectivity index (χ0n) is 11.6. The first-order valence-electron chi connectivity index (χ1n) is 6.51. The minimum absolute atomic E-state index is 0.257. The van der Waals surface area contributed by atoms with Crippen LogP contribution in [0.1, 0.15) is 16.1 Å². The molecule has 5 nitrogen and oxygen atoms in total. The number of carbonyl (C=O) groups is 1. The molecule has 2 heterocycles. The van der Waals surface area contributed by atoms with Crippen LogP contribution in [0, 0.1) is 0 Å². The van der Waals surface area contributed by atoms with Crippen molar-refractivity contribution in [3.8, 4) is 10.6 Å². The average Bonchev–Trinajstić information content (AvgIpc) is 3.20. The van der Waals surface area contributed by atoms with Crippen LogP contribution in [-0.2, 0) is 0 Å². The summed E-state index contributed by atoms with van der Waals surface area (Å²) in [6, 6.07) is 10.6. The molecule has 2 aromatic heterocycles. The van der Waals surface area contributed by atoms with E-state index in [1.54, 1.807) is 35.6 Å². The van der Waals surface area contributed by atoms with Crippen molar-refractivity contribution >= 4 is 46.7 Å². The van der Waals surface area contributed by atoms with Gasteiger partial charge in [0.1, 0.15) is 0 Å². The summed E-state index contributed by atoms with van der Waals surface area (Å²) in [6.07, 6.45) is 1.45. The molecule has 0 aliphatic heterocycles. The van der Waals surface area contributed by atoms with Gasteiger partial charge in [-0.1, -0.05) is 35.3 Å². The SMILES string of the molecule is O=C(N/N=C/c1ccc(Cl)cc1Cl)c1cc(-c2cccs2)[nH]n1. The third-order valence-corrected chi connectivity index (χ3v) is 4.39. The summed E-state index contributed by atoms with van der Waals surface area (Å²) in [5.41, 5.74) is 4.10. The fourth-order valence-electron chi connectivity index (χ4n) is 1.82. The predicted octanol–water partition coefficient (Wildman–Crippen LogP) is 4.21. The van der Waals surface area contributed by atoms with Crippen molar-refractivity contribution in [1.82, 2.24) is 15.6 Å². The van der Waals surface area contributed by atoms with Crippen molar-refractivity contribution in [3.63, 3.8) is 0 Å². The highest BCUT2D eigenvalue weighted by molar-refractivity contribution is 7.13. The van der Waals surface area contributed by atoms with Crippen LogP contribution in [0.3, 0.4) is 0 Å². The molecule has 1 amide bonds. The first kappa shape index (κ1) is 15.7. The smallest absolute Gasteiger partial charge is 0.276 e. The molecule has 3 rings (SSSR count). The Kier molecular flexibility index (Phi) is 4.76. The summed E-state index contributed by atoms with van der Waals surface area (Å²) in [6.45, 7) is 0. The molecule has 3 aromatic rings. The van der Waals surface area contributed by atoms with Gasteiger partial charge in [0.05, 0.1) is 21.8 Å². The van der Waals surface area contributed by atoms with E-state index in [1.807, 2.05) is 17.5 Å². The monoisotopic (exact) mass is 364 g/mol. The lowest BCUT2D eigenvalue weighted by molar-refractivity contribution is 0.0950. The average molecular weight is 365 g/mol. The lowest BCUT2D eigenvalue weighted by Crippen LogP contribution is -2.18. The van der Waals surface area contributed by atoms with Crippen molar-refractivity contribution in [2.24, 2.45) is 5.10 Å². The maximum Gasteiger partial charge on any atom is 0.291 e. The van der Waals surface area contributed by atoms with Crippen molar-refractivity contribution in [1.29, 1.82) is 0 Å². The zero-order chi connectivity index (χ0) is 16.2. The molecule has 8 heteroatoms. The molecular formula is C15H10Cl2N4OS. The lowest BCUT2D eigenvalue weighted by Gasteiger charge is -1.98. The van der Waals surface area contributed by atoms with Gasteiger partial charge >= 0.3 is 0 Å². The summed E-state index contributed by atoms with van der Waals surface area (Å²) in [5, 5.41) is 13.6. The number of carbonyl (C=O) groups excluding carboxylic acids is 1. The Balaban J connectivity index is 1.66. The normalized spacial score (nSPS) is 11.0. The standard InChI is InChI=1S/C15H10Cl2N4OS/c16-10-4-3-9(11(17)6-10)8-18-21-15(22)13-7-12(19-20-13)14-2-1-5-23-14/h1-8H,(H,19,20)(H,21,22)/b18-8+. The second-order valence-corrected chi connectivity index (χ2v) is 6.30. The fourth-order valence-corrected chi connectivity index (χ4v) is 2.97. The predicted molar refractivity (Wildman–Crippen MR) is 93.4 cm³/mol. The first-order chi connectivity index (χ1) is 11.1. The number of rotatable bonds is 4. The molecule has 0 unspecified atom stereocenters. The van der Waals surface area contributed by atoms with Gasteiger partial charge in [-0.2, -0.15) is 10.2 Å². The highest BCUT2D eigenvalue weighted by Gasteiger charge is 2.11. The maximum atomic E-state index is 12.0. The molecule has 0 aliphatic carbocycles. The molecule has 2 N–H and O–H groups in total. The van der Waals surface area contributed by atoms with Crippen LogP contribution in [0.5, 0.6) is 0 Å². The van der Waals surface area contributed by atoms with Gasteiger partial charge in [0.2, 0.25) is 0 Å². The Labute approximate surface area is 145 Å². The van der Waals surface area contributed by atoms with E-state index < -0.39 is 5.91 Å². The molecule has 23 heavy (non-hydrogen) atoms. The summed E-state index contributed by atoms with van der Waals surface area (Å²) < 4.78 is 0. The Morgan fingerprint density at radius 1 is 1.30 bits per heavy atom. The van der Waals surface area contributed by atoms with Gasteiger partial charge in [0.15, 0.2) is 5.69 Å². The van der Waals surface area contributed by atoms with E-state index >= 15 is 0 Å². The van der Waals surface area contributed by atoms with Crippen LogP contribution in [0.25, 0.3) is 10.6 Å². The second-order valence-electron chi connectivity index (χ2n) is 4.51. The summed E-state index contributed by atoms with van der Waals surface area (Å²) in [4.78, 5) is 13.0. The number of amides is 1. The van der Waals surface area contributed by atoms with Crippen LogP contribution >= 0.6 is 34.5 Å². The van der Waals surface area contributed by atoms with E-state index in [0.29, 0.717) is 15.6 Å². The molecule has 0 fully saturated rings. The number of H-pyrrole nitrogens is 1. The van der Waals surface area contributed by atoms with Crippen LogP contribution < -0.4 is 5.43 Å². The molecule has 0 radical (unpaired) electrons. The number of hydrogen-bond acceptors (Lipinski definition) is 4. The van der Waals surface area contributed by atoms with E-state index in [4.69, 9.17) is 23.2 Å². The van der Waals surface area contributed by atoms with Gasteiger partial charge < -0.3 is 0 Å². The molecule has 0 saturated heterocycles. The number of hydrazone groups is 1. The number of aromatic nitrogens is 2. The number of benzene rings is 1. The van der Waals surface area contributed by atoms with E-state index in [1.165, 1.54) is 6.21 Å². The topological polar surface area (TPSA) is 70.1 Å². The fraction of sp³-hybridized carbons (Fsp3) is 0. The number of hydrogen-bond donors (Lipinski definition) is 2. The van der Waals surface area contributed by atoms with Crippen LogP contribution in [0.15, 0.2) is 46.9 Å². The van der Waals surface area contributed by atoms with E-state index in [0.717, 1.165) is 10.6 Å². The molecular weight excluding hydrogens is 355 g/mol. The third-order valence-electron chi connectivity index (χ3n) is 2.93. The van der Waals surface area contributed by atoms with Gasteiger partial charge in [-0.05, 0) is 29.6 Å². The third kappa shape index (κ3) is 3.79. The number of aromatic amines is 1. The molecule has 0 bridgehead atoms. The second kappa shape index (κ2) is 6.95. The Hall–Kier alpha value is -2.15. The van der Waals surface area contributed by atoms with E-state index in [9.17, 15) is 4.79 Å². The highest BCUT2D eigenvalue weighted by Crippen LogP contribution is 2.23. The molecule has 0 atom stereocenters. The van der Waals surface area contributed by atoms with Crippen LogP contribution in [0.4, 0.5) is 0 Å². The van der Waals surface area contributed by atoms with Crippen LogP contribution in [0.2, 0.25) is 10.0 Å². The highest BCUT2D eigenvalue weighted by atomic mass is 35.5. The van der Waals surface area contributed by atoms with Gasteiger partial charge in [-0.3, -0.25) is 9.89 Å². The minimum Gasteiger partial charge on any atom is -0.276 e. The van der Waals surface area contributed by atoms with Gasteiger partial charge in [-0.15, -0.1) is 11.3 Å². The van der Waals surface area contributed by atoms with Crippen molar-refractivity contribution < 1.29 is 4.79 Å². The van der Waals surface area contributed by atoms with Gasteiger partial charge in [-0.25, -0.2) is 5.43 Å². The Morgan fingerprint density at radius 2 is 2.17 bits per heavy atom. The number of halogens is 2. The van der Waals surface area contributed by atoms with E-state index in [2.05, 4.69) is 20.7 Å². The maximum absolute atomic E-state index is 12.0. The number of nitrogens with one attached hydrogen (secondary N) is 2. The summed E-state index contributed by atoms with van der Waals surface area (Å²) in [7, 11) is 0. The molecule has 1 aromatic carbocycles. The molecule has 0 aliphatic rings.